The number of hydrogen-bond acceptors (Lipinski definition) is 12. The van der Waals surface area contributed by atoms with Crippen LogP contribution in [0.1, 0.15) is 70.1 Å². The molecule has 0 radical (unpaired) electrons. The van der Waals surface area contributed by atoms with Gasteiger partial charge in [0.2, 0.25) is 5.78 Å². The van der Waals surface area contributed by atoms with Crippen LogP contribution in [0.3, 0.4) is 0 Å². The Labute approximate surface area is 306 Å². The second-order valence-electron chi connectivity index (χ2n) is 14.3. The lowest BCUT2D eigenvalue weighted by Crippen LogP contribution is -2.65. The maximum Gasteiger partial charge on any atom is 0.261 e. The minimum atomic E-state index is -2.87. The van der Waals surface area contributed by atoms with Crippen molar-refractivity contribution in [2.75, 3.05) is 14.1 Å². The highest BCUT2D eigenvalue weighted by molar-refractivity contribution is 6.25. The number of phenols is 1. The lowest BCUT2D eigenvalue weighted by molar-refractivity contribution is -0.153. The Morgan fingerprint density at radius 1 is 0.815 bits per heavy atom. The van der Waals surface area contributed by atoms with Crippen molar-refractivity contribution in [2.24, 2.45) is 17.6 Å². The van der Waals surface area contributed by atoms with Gasteiger partial charge in [0, 0.05) is 17.1 Å². The maximum atomic E-state index is 14.4. The molecule has 1 saturated carbocycles. The molecule has 0 unspecified atom stereocenters. The number of nitrogens with zero attached hydrogens (tertiary/aromatic N) is 3. The topological polar surface area (TPSA) is 236 Å². The van der Waals surface area contributed by atoms with Gasteiger partial charge < -0.3 is 26.2 Å². The summed E-state index contributed by atoms with van der Waals surface area (Å²) < 4.78 is 0. The molecule has 0 spiro atoms. The number of fused-ring (bicyclic) bond motifs is 5. The monoisotopic (exact) mass is 732 g/mol. The number of primary amides is 1. The van der Waals surface area contributed by atoms with Crippen molar-refractivity contribution in [3.8, 4) is 5.75 Å². The van der Waals surface area contributed by atoms with Crippen LogP contribution in [0, 0.1) is 11.8 Å². The third-order valence-electron chi connectivity index (χ3n) is 11.3. The van der Waals surface area contributed by atoms with Crippen molar-refractivity contribution in [3.05, 3.63) is 116 Å². The predicted molar refractivity (Wildman–Crippen MR) is 186 cm³/mol. The first-order chi connectivity index (χ1) is 25.6. The predicted octanol–water partition coefficient (Wildman–Crippen LogP) is 1.56. The molecular weight excluding hydrogens is 700 g/mol. The number of benzene rings is 3. The van der Waals surface area contributed by atoms with E-state index in [1.807, 2.05) is 0 Å². The molecule has 3 aromatic carbocycles. The third-order valence-corrected chi connectivity index (χ3v) is 11.3. The summed E-state index contributed by atoms with van der Waals surface area (Å²) in [6.45, 7) is -0.879. The average molecular weight is 733 g/mol. The van der Waals surface area contributed by atoms with E-state index in [1.165, 1.54) is 49.3 Å². The van der Waals surface area contributed by atoms with Gasteiger partial charge in [0.1, 0.15) is 22.8 Å². The smallest absolute Gasteiger partial charge is 0.261 e. The molecule has 0 saturated heterocycles. The minimum absolute atomic E-state index is 0.0741. The average Bonchev–Trinajstić information content (AvgIpc) is 3.51. The SMILES string of the molecule is CN(C)[C@H]1C(=O)C(C(N)=O)=C(O)[C@]2(O)C(=O)C3=C(O)c4c(O)c(CN5C(=O)c6ccccc6C5=O)cc(CN5C(=O)c6ccccc6C5=O)c4C[C@@H]3C[C@H]12. The van der Waals surface area contributed by atoms with Crippen LogP contribution in [0.2, 0.25) is 0 Å². The first-order valence-corrected chi connectivity index (χ1v) is 17.0. The molecule has 2 heterocycles. The second kappa shape index (κ2) is 11.8. The molecule has 15 heteroatoms. The summed E-state index contributed by atoms with van der Waals surface area (Å²) in [5, 5.41) is 47.0. The van der Waals surface area contributed by atoms with E-state index in [0.717, 1.165) is 9.80 Å². The van der Waals surface area contributed by atoms with Gasteiger partial charge >= 0.3 is 0 Å². The molecule has 3 aromatic rings. The van der Waals surface area contributed by atoms with Crippen LogP contribution in [0.5, 0.6) is 5.75 Å². The van der Waals surface area contributed by atoms with Crippen molar-refractivity contribution >= 4 is 46.9 Å². The lowest BCUT2D eigenvalue weighted by Gasteiger charge is -2.50. The molecule has 15 nitrogen and oxygen atoms in total. The van der Waals surface area contributed by atoms with Gasteiger partial charge in [-0.15, -0.1) is 0 Å². The maximum absolute atomic E-state index is 14.4. The summed E-state index contributed by atoms with van der Waals surface area (Å²) in [5.74, 6) is -10.9. The van der Waals surface area contributed by atoms with E-state index in [4.69, 9.17) is 5.73 Å². The Morgan fingerprint density at radius 3 is 1.76 bits per heavy atom. The number of rotatable bonds is 6. The molecular formula is C39H32N4O11. The van der Waals surface area contributed by atoms with E-state index >= 15 is 0 Å². The second-order valence-corrected chi connectivity index (χ2v) is 14.3. The number of aliphatic hydroxyl groups is 3. The number of hydrogen-bond donors (Lipinski definition) is 5. The number of nitrogens with two attached hydrogens (primary N) is 1. The Kier molecular flexibility index (Phi) is 7.55. The number of aromatic hydroxyl groups is 1. The van der Waals surface area contributed by atoms with Crippen molar-refractivity contribution in [3.63, 3.8) is 0 Å². The molecule has 6 N–H and O–H groups in total. The van der Waals surface area contributed by atoms with E-state index in [0.29, 0.717) is 0 Å². The molecule has 0 aromatic heterocycles. The summed E-state index contributed by atoms with van der Waals surface area (Å²) in [7, 11) is 2.98. The number of aliphatic hydroxyl groups excluding tert-OH is 2. The van der Waals surface area contributed by atoms with Gasteiger partial charge in [-0.05, 0) is 74.3 Å². The molecule has 54 heavy (non-hydrogen) atoms. The molecule has 8 rings (SSSR count). The first-order valence-electron chi connectivity index (χ1n) is 17.0. The van der Waals surface area contributed by atoms with E-state index in [-0.39, 0.29) is 63.9 Å². The van der Waals surface area contributed by atoms with Crippen LogP contribution in [0.4, 0.5) is 0 Å². The van der Waals surface area contributed by atoms with Gasteiger partial charge in [-0.2, -0.15) is 0 Å². The van der Waals surface area contributed by atoms with Crippen molar-refractivity contribution in [2.45, 2.75) is 37.6 Å². The van der Waals surface area contributed by atoms with Crippen LogP contribution >= 0.6 is 0 Å². The van der Waals surface area contributed by atoms with Gasteiger partial charge in [-0.25, -0.2) is 0 Å². The Morgan fingerprint density at radius 2 is 1.30 bits per heavy atom. The van der Waals surface area contributed by atoms with Crippen LogP contribution < -0.4 is 5.73 Å². The highest BCUT2D eigenvalue weighted by atomic mass is 16.3. The number of phenolic OH excluding ortho intramolecular Hbond substituents is 1. The summed E-state index contributed by atoms with van der Waals surface area (Å²) in [5.41, 5.74) is 1.88. The van der Waals surface area contributed by atoms with Crippen molar-refractivity contribution in [1.29, 1.82) is 0 Å². The molecule has 274 valence electrons. The Balaban J connectivity index is 1.29. The summed E-state index contributed by atoms with van der Waals surface area (Å²) in [4.78, 5) is 97.3. The number of amides is 5. The van der Waals surface area contributed by atoms with Crippen LogP contribution in [-0.2, 0) is 33.9 Å². The normalized spacial score (nSPS) is 24.6. The van der Waals surface area contributed by atoms with E-state index < -0.39 is 99.5 Å². The number of carbonyl (C=O) groups is 7. The van der Waals surface area contributed by atoms with Crippen molar-refractivity contribution < 1.29 is 54.0 Å². The number of Topliss-reactive ketones (excluding diaryl/α,β-unsaturated/α-hetero) is 2. The number of ketones is 2. The molecule has 2 aliphatic heterocycles. The fraction of sp³-hybridized carbons (Fsp3) is 0.256. The molecule has 5 aliphatic rings. The van der Waals surface area contributed by atoms with E-state index in [2.05, 4.69) is 0 Å². The summed E-state index contributed by atoms with van der Waals surface area (Å²) >= 11 is 0. The largest absolute Gasteiger partial charge is 0.508 e. The zero-order chi connectivity index (χ0) is 38.7. The minimum Gasteiger partial charge on any atom is -0.508 e. The van der Waals surface area contributed by atoms with Gasteiger partial charge in [-0.1, -0.05) is 24.3 Å². The van der Waals surface area contributed by atoms with Gasteiger partial charge in [0.25, 0.3) is 29.5 Å². The highest BCUT2D eigenvalue weighted by Crippen LogP contribution is 2.53. The Hall–Kier alpha value is -6.45. The standard InChI is InChI=1S/C39H32N4O11/c1-41(2)28-24-13-16-12-23-17(14-42-35(50)19-7-3-4-8-20(19)36(42)51)11-18(15-43-37(52)21-9-5-6-10-22(21)38(43)53)29(44)26(23)30(45)25(16)32(47)39(24,54)33(48)27(31(28)46)34(40)49/h3-11,16,24,28,44-45,48,54H,12-15H2,1-2H3,(H2,40,49)/t16-,24-,28-,39-/m1/s1. The Bertz CT molecular complexity index is 2340. The third kappa shape index (κ3) is 4.51. The molecule has 4 atom stereocenters. The highest BCUT2D eigenvalue weighted by Gasteiger charge is 2.64. The van der Waals surface area contributed by atoms with Crippen LogP contribution in [0.25, 0.3) is 5.76 Å². The van der Waals surface area contributed by atoms with Crippen LogP contribution in [-0.4, -0.2) is 102 Å². The van der Waals surface area contributed by atoms with Crippen LogP contribution in [0.15, 0.2) is 71.5 Å². The zero-order valence-electron chi connectivity index (χ0n) is 28.8. The van der Waals surface area contributed by atoms with Gasteiger partial charge in [0.15, 0.2) is 11.4 Å². The van der Waals surface area contributed by atoms with E-state index in [9.17, 15) is 54.0 Å². The summed E-state index contributed by atoms with van der Waals surface area (Å²) in [6, 6.07) is 12.5. The van der Waals surface area contributed by atoms with Gasteiger partial charge in [0.05, 0.1) is 46.9 Å². The molecule has 5 amide bonds. The fourth-order valence-electron chi connectivity index (χ4n) is 8.82. The molecule has 1 fully saturated rings. The lowest BCUT2D eigenvalue weighted by atomic mass is 9.57. The zero-order valence-corrected chi connectivity index (χ0v) is 28.8. The quantitative estimate of drug-likeness (QED) is 0.179. The van der Waals surface area contributed by atoms with Gasteiger partial charge in [-0.3, -0.25) is 48.3 Å². The number of likely N-dealkylation sites (N-methyl/N-ethyl adjacent to an activating group) is 1. The van der Waals surface area contributed by atoms with E-state index in [1.54, 1.807) is 24.3 Å². The number of imide groups is 2. The fourth-order valence-corrected chi connectivity index (χ4v) is 8.82. The first kappa shape index (κ1) is 34.6. The molecule has 3 aliphatic carbocycles. The van der Waals surface area contributed by atoms with Crippen molar-refractivity contribution in [1.82, 2.24) is 14.7 Å². The molecule has 0 bridgehead atoms. The number of carbonyl (C=O) groups excluding carboxylic acids is 7. The summed E-state index contributed by atoms with van der Waals surface area (Å²) in [6.07, 6.45) is -0.302.